The van der Waals surface area contributed by atoms with E-state index >= 15 is 0 Å². The van der Waals surface area contributed by atoms with Crippen LogP contribution in [0, 0.1) is 5.92 Å². The Morgan fingerprint density at radius 2 is 1.81 bits per heavy atom. The van der Waals surface area contributed by atoms with Crippen LogP contribution >= 0.6 is 0 Å². The fourth-order valence-corrected chi connectivity index (χ4v) is 2.40. The molecule has 21 heavy (non-hydrogen) atoms. The van der Waals surface area contributed by atoms with Crippen molar-refractivity contribution in [3.63, 3.8) is 0 Å². The lowest BCUT2D eigenvalue weighted by Crippen LogP contribution is -2.24. The second-order valence-electron chi connectivity index (χ2n) is 6.31. The van der Waals surface area contributed by atoms with Crippen molar-refractivity contribution < 1.29 is 0 Å². The summed E-state index contributed by atoms with van der Waals surface area (Å²) in [6.45, 7) is 18.0. The Balaban J connectivity index is 2.50. The van der Waals surface area contributed by atoms with Crippen LogP contribution in [0.3, 0.4) is 0 Å². The quantitative estimate of drug-likeness (QED) is 0.654. The van der Waals surface area contributed by atoms with E-state index in [9.17, 15) is 0 Å². The SMILES string of the molecule is C=CCN(CC)Cc1ccc(C(C)CNCC(C)C)cc1. The summed E-state index contributed by atoms with van der Waals surface area (Å²) in [7, 11) is 0. The first-order valence-corrected chi connectivity index (χ1v) is 8.19. The minimum absolute atomic E-state index is 0.563. The van der Waals surface area contributed by atoms with Gasteiger partial charge in [-0.25, -0.2) is 0 Å². The van der Waals surface area contributed by atoms with Crippen molar-refractivity contribution in [1.29, 1.82) is 0 Å². The fraction of sp³-hybridized carbons (Fsp3) is 0.579. The topological polar surface area (TPSA) is 15.3 Å². The first-order chi connectivity index (χ1) is 10.1. The van der Waals surface area contributed by atoms with Crippen LogP contribution in [-0.2, 0) is 6.54 Å². The van der Waals surface area contributed by atoms with Crippen LogP contribution in [0.2, 0.25) is 0 Å². The lowest BCUT2D eigenvalue weighted by atomic mass is 9.99. The molecular formula is C19H32N2. The normalized spacial score (nSPS) is 12.9. The number of nitrogens with one attached hydrogen (secondary N) is 1. The van der Waals surface area contributed by atoms with E-state index in [0.29, 0.717) is 11.8 Å². The highest BCUT2D eigenvalue weighted by Gasteiger charge is 2.07. The van der Waals surface area contributed by atoms with Gasteiger partial charge < -0.3 is 5.32 Å². The van der Waals surface area contributed by atoms with Crippen LogP contribution < -0.4 is 5.32 Å². The Kier molecular flexibility index (Phi) is 8.33. The summed E-state index contributed by atoms with van der Waals surface area (Å²) >= 11 is 0. The third-order valence-electron chi connectivity index (χ3n) is 3.79. The Hall–Kier alpha value is -1.12. The molecule has 0 aliphatic carbocycles. The van der Waals surface area contributed by atoms with Crippen molar-refractivity contribution in [3.8, 4) is 0 Å². The van der Waals surface area contributed by atoms with Gasteiger partial charge in [-0.05, 0) is 36.1 Å². The summed E-state index contributed by atoms with van der Waals surface area (Å²) in [5.41, 5.74) is 2.80. The Morgan fingerprint density at radius 3 is 2.33 bits per heavy atom. The summed E-state index contributed by atoms with van der Waals surface area (Å²) in [6.07, 6.45) is 1.97. The minimum Gasteiger partial charge on any atom is -0.316 e. The molecule has 2 nitrogen and oxygen atoms in total. The first kappa shape index (κ1) is 17.9. The summed E-state index contributed by atoms with van der Waals surface area (Å²) in [4.78, 5) is 2.38. The standard InChI is InChI=1S/C19H32N2/c1-6-12-21(7-2)15-18-8-10-19(11-9-18)17(5)14-20-13-16(3)4/h6,8-11,16-17,20H,1,7,12-15H2,2-5H3. The first-order valence-electron chi connectivity index (χ1n) is 8.19. The van der Waals surface area contributed by atoms with E-state index in [1.54, 1.807) is 0 Å². The van der Waals surface area contributed by atoms with E-state index in [4.69, 9.17) is 0 Å². The monoisotopic (exact) mass is 288 g/mol. The van der Waals surface area contributed by atoms with Gasteiger partial charge in [-0.2, -0.15) is 0 Å². The van der Waals surface area contributed by atoms with Crippen LogP contribution in [-0.4, -0.2) is 31.1 Å². The third-order valence-corrected chi connectivity index (χ3v) is 3.79. The second-order valence-corrected chi connectivity index (χ2v) is 6.31. The summed E-state index contributed by atoms with van der Waals surface area (Å²) < 4.78 is 0. The second kappa shape index (κ2) is 9.75. The Morgan fingerprint density at radius 1 is 1.14 bits per heavy atom. The van der Waals surface area contributed by atoms with Crippen molar-refractivity contribution in [2.45, 2.75) is 40.2 Å². The summed E-state index contributed by atoms with van der Waals surface area (Å²) in [5, 5.41) is 3.54. The molecule has 2 heteroatoms. The number of nitrogens with zero attached hydrogens (tertiary/aromatic N) is 1. The maximum Gasteiger partial charge on any atom is 0.0236 e. The van der Waals surface area contributed by atoms with E-state index in [1.807, 2.05) is 6.08 Å². The largest absolute Gasteiger partial charge is 0.316 e. The highest BCUT2D eigenvalue weighted by Crippen LogP contribution is 2.16. The van der Waals surface area contributed by atoms with E-state index < -0.39 is 0 Å². The number of benzene rings is 1. The molecule has 0 bridgehead atoms. The molecule has 0 amide bonds. The minimum atomic E-state index is 0.563. The van der Waals surface area contributed by atoms with Gasteiger partial charge in [-0.3, -0.25) is 4.90 Å². The summed E-state index contributed by atoms with van der Waals surface area (Å²) in [5.74, 6) is 1.28. The Labute approximate surface area is 131 Å². The van der Waals surface area contributed by atoms with Gasteiger partial charge in [-0.1, -0.05) is 58.0 Å². The lowest BCUT2D eigenvalue weighted by Gasteiger charge is -2.19. The van der Waals surface area contributed by atoms with Crippen LogP contribution in [0.1, 0.15) is 44.7 Å². The molecule has 1 atom stereocenters. The zero-order valence-corrected chi connectivity index (χ0v) is 14.2. The highest BCUT2D eigenvalue weighted by atomic mass is 15.1. The number of rotatable bonds is 10. The molecule has 0 aliphatic heterocycles. The van der Waals surface area contributed by atoms with Gasteiger partial charge in [0, 0.05) is 19.6 Å². The Bertz CT molecular complexity index is 395. The molecule has 0 radical (unpaired) electrons. The van der Waals surface area contributed by atoms with Gasteiger partial charge in [0.15, 0.2) is 0 Å². The molecule has 1 rings (SSSR count). The predicted octanol–water partition coefficient (Wildman–Crippen LogP) is 4.04. The molecule has 1 unspecified atom stereocenters. The maximum absolute atomic E-state index is 3.82. The molecule has 0 spiro atoms. The average molecular weight is 288 g/mol. The van der Waals surface area contributed by atoms with Crippen molar-refractivity contribution in [3.05, 3.63) is 48.0 Å². The molecule has 0 heterocycles. The van der Waals surface area contributed by atoms with Crippen LogP contribution in [0.15, 0.2) is 36.9 Å². The summed E-state index contributed by atoms with van der Waals surface area (Å²) in [6, 6.07) is 9.08. The molecule has 118 valence electrons. The van der Waals surface area contributed by atoms with Crippen molar-refractivity contribution in [2.24, 2.45) is 5.92 Å². The van der Waals surface area contributed by atoms with Crippen molar-refractivity contribution in [1.82, 2.24) is 10.2 Å². The number of hydrogen-bond donors (Lipinski definition) is 1. The number of likely N-dealkylation sites (N-methyl/N-ethyl adjacent to an activating group) is 1. The van der Waals surface area contributed by atoms with Crippen LogP contribution in [0.25, 0.3) is 0 Å². The van der Waals surface area contributed by atoms with Gasteiger partial charge in [0.05, 0.1) is 0 Å². The van der Waals surface area contributed by atoms with Gasteiger partial charge >= 0.3 is 0 Å². The van der Waals surface area contributed by atoms with Gasteiger partial charge in [0.25, 0.3) is 0 Å². The molecule has 0 saturated carbocycles. The smallest absolute Gasteiger partial charge is 0.0236 e. The molecule has 0 fully saturated rings. The van der Waals surface area contributed by atoms with E-state index in [1.165, 1.54) is 11.1 Å². The van der Waals surface area contributed by atoms with Gasteiger partial charge in [0.1, 0.15) is 0 Å². The average Bonchev–Trinajstić information content (AvgIpc) is 2.47. The molecule has 1 N–H and O–H groups in total. The lowest BCUT2D eigenvalue weighted by molar-refractivity contribution is 0.311. The molecule has 1 aromatic rings. The molecular weight excluding hydrogens is 256 g/mol. The van der Waals surface area contributed by atoms with Crippen LogP contribution in [0.4, 0.5) is 0 Å². The van der Waals surface area contributed by atoms with Crippen molar-refractivity contribution >= 4 is 0 Å². The molecule has 0 saturated heterocycles. The third kappa shape index (κ3) is 6.92. The van der Waals surface area contributed by atoms with Gasteiger partial charge in [0.2, 0.25) is 0 Å². The van der Waals surface area contributed by atoms with E-state index in [-0.39, 0.29) is 0 Å². The number of hydrogen-bond acceptors (Lipinski definition) is 2. The molecule has 0 aromatic heterocycles. The highest BCUT2D eigenvalue weighted by molar-refractivity contribution is 5.25. The molecule has 0 aliphatic rings. The van der Waals surface area contributed by atoms with E-state index in [0.717, 1.165) is 32.7 Å². The predicted molar refractivity (Wildman–Crippen MR) is 93.7 cm³/mol. The van der Waals surface area contributed by atoms with E-state index in [2.05, 4.69) is 68.8 Å². The zero-order chi connectivity index (χ0) is 15.7. The fourth-order valence-electron chi connectivity index (χ4n) is 2.40. The zero-order valence-electron chi connectivity index (χ0n) is 14.2. The van der Waals surface area contributed by atoms with Crippen molar-refractivity contribution in [2.75, 3.05) is 26.2 Å². The van der Waals surface area contributed by atoms with Crippen LogP contribution in [0.5, 0.6) is 0 Å². The maximum atomic E-state index is 3.82. The molecule has 1 aromatic carbocycles. The van der Waals surface area contributed by atoms with Gasteiger partial charge in [-0.15, -0.1) is 6.58 Å².